The van der Waals surface area contributed by atoms with Gasteiger partial charge in [0.2, 0.25) is 17.7 Å². The first-order valence-electron chi connectivity index (χ1n) is 17.5. The zero-order chi connectivity index (χ0) is 36.3. The van der Waals surface area contributed by atoms with Crippen LogP contribution in [0.15, 0.2) is 24.3 Å². The quantitative estimate of drug-likeness (QED) is 0.408. The number of rotatable bonds is 6. The second kappa shape index (κ2) is 16.4. The maximum atomic E-state index is 14.8. The molecule has 3 heterocycles. The minimum absolute atomic E-state index is 0.00733. The third-order valence-corrected chi connectivity index (χ3v) is 10.8. The Hall–Kier alpha value is -2.29. The first-order valence-corrected chi connectivity index (χ1v) is 19.3. The van der Waals surface area contributed by atoms with E-state index in [1.807, 2.05) is 47.9 Å². The van der Waals surface area contributed by atoms with Gasteiger partial charge in [-0.2, -0.15) is 8.42 Å². The third-order valence-electron chi connectivity index (χ3n) is 10.6. The van der Waals surface area contributed by atoms with E-state index in [0.717, 1.165) is 37.8 Å². The predicted octanol–water partition coefficient (Wildman–Crippen LogP) is 4.39. The molecule has 1 aromatic carbocycles. The van der Waals surface area contributed by atoms with Gasteiger partial charge >= 0.3 is 10.4 Å². The van der Waals surface area contributed by atoms with Crippen LogP contribution < -0.4 is 0 Å². The average molecular weight is 727 g/mol. The number of halogens is 1. The lowest BCUT2D eigenvalue weighted by Gasteiger charge is -2.41. The highest BCUT2D eigenvalue weighted by molar-refractivity contribution is 7.79. The smallest absolute Gasteiger partial charge is 0.378 e. The lowest BCUT2D eigenvalue weighted by molar-refractivity contribution is -0.148. The molecule has 49 heavy (non-hydrogen) atoms. The molecule has 0 bridgehead atoms. The third kappa shape index (κ3) is 10.4. The van der Waals surface area contributed by atoms with Gasteiger partial charge in [-0.05, 0) is 76.5 Å². The second-order valence-corrected chi connectivity index (χ2v) is 16.8. The van der Waals surface area contributed by atoms with E-state index in [9.17, 15) is 14.4 Å². The molecule has 3 saturated heterocycles. The number of carbonyl (C=O) groups excluding carboxylic acids is 3. The maximum Gasteiger partial charge on any atom is 0.394 e. The fourth-order valence-electron chi connectivity index (χ4n) is 7.83. The summed E-state index contributed by atoms with van der Waals surface area (Å²) in [6.45, 7) is 16.7. The topological polar surface area (TPSA) is 148 Å². The average Bonchev–Trinajstić information content (AvgIpc) is 3.67. The van der Waals surface area contributed by atoms with Crippen LogP contribution >= 0.6 is 11.6 Å². The van der Waals surface area contributed by atoms with Crippen LogP contribution in [0, 0.1) is 17.8 Å². The molecule has 5 rings (SSSR count). The summed E-state index contributed by atoms with van der Waals surface area (Å²) < 4.78 is 37.1. The van der Waals surface area contributed by atoms with Crippen LogP contribution in [0.25, 0.3) is 0 Å². The number of benzene rings is 1. The molecule has 0 unspecified atom stereocenters. The van der Waals surface area contributed by atoms with E-state index in [1.54, 1.807) is 0 Å². The normalized spacial score (nSPS) is 28.3. The summed E-state index contributed by atoms with van der Waals surface area (Å²) in [7, 11) is -4.67. The Balaban J connectivity index is 0.00000101. The fraction of sp³-hybridized carbons (Fsp3) is 0.743. The molecule has 3 amide bonds. The van der Waals surface area contributed by atoms with Gasteiger partial charge in [0.15, 0.2) is 0 Å². The van der Waals surface area contributed by atoms with Crippen LogP contribution in [0.2, 0.25) is 5.02 Å². The van der Waals surface area contributed by atoms with Gasteiger partial charge in [0.1, 0.15) is 6.04 Å². The van der Waals surface area contributed by atoms with E-state index >= 15 is 0 Å². The van der Waals surface area contributed by atoms with Crippen molar-refractivity contribution in [2.45, 2.75) is 103 Å². The summed E-state index contributed by atoms with van der Waals surface area (Å²) >= 11 is 6.25. The standard InChI is InChI=1S/C35H53ClN4O4.H2O4S/c1-23(2)32(41)40(27-13-7-24(3)8-14-27)28-19-31(34(43)37-15-17-44-18-16-37)39(20-28)33(42)30-22-38(35(4,5)6)21-29(30)25-9-11-26(36)12-10-25;1-5(2,3)4/h9-12,23-24,27-31H,7-8,13-22H2,1-6H3;(H2,1,2,3,4)/t24?,27?,28-,29-,30+,31-;/m0./s1. The molecule has 1 aromatic rings. The Morgan fingerprint density at radius 1 is 0.918 bits per heavy atom. The van der Waals surface area contributed by atoms with Crippen LogP contribution in [-0.2, 0) is 29.5 Å². The molecule has 1 aliphatic carbocycles. The van der Waals surface area contributed by atoms with Crippen molar-refractivity contribution in [1.29, 1.82) is 0 Å². The van der Waals surface area contributed by atoms with Crippen molar-refractivity contribution in [1.82, 2.24) is 19.6 Å². The SMILES string of the molecule is CC1CCC(N(C(=O)C(C)C)[C@H]2C[C@@H](C(=O)N3CCOCC3)N(C(=O)[C@@H]3CN(C(C)(C)C)C[C@H]3c3ccc(Cl)cc3)C2)CC1.O=S(=O)(O)O. The van der Waals surface area contributed by atoms with Crippen LogP contribution in [0.1, 0.15) is 85.1 Å². The van der Waals surface area contributed by atoms with Crippen LogP contribution in [-0.4, -0.2) is 124 Å². The number of morpholine rings is 1. The summed E-state index contributed by atoms with van der Waals surface area (Å²) in [5.74, 6) is 0.381. The van der Waals surface area contributed by atoms with Gasteiger partial charge in [0, 0.05) is 61.2 Å². The molecule has 4 aliphatic rings. The Labute approximate surface area is 297 Å². The Morgan fingerprint density at radius 2 is 1.49 bits per heavy atom. The van der Waals surface area contributed by atoms with E-state index in [-0.39, 0.29) is 53.1 Å². The fourth-order valence-corrected chi connectivity index (χ4v) is 7.95. The molecule has 0 spiro atoms. The molecule has 4 fully saturated rings. The number of carbonyl (C=O) groups is 3. The van der Waals surface area contributed by atoms with E-state index in [0.29, 0.717) is 56.8 Å². The van der Waals surface area contributed by atoms with Crippen molar-refractivity contribution in [3.63, 3.8) is 0 Å². The lowest BCUT2D eigenvalue weighted by Crippen LogP contribution is -2.53. The van der Waals surface area contributed by atoms with Crippen molar-refractivity contribution >= 4 is 39.7 Å². The summed E-state index contributed by atoms with van der Waals surface area (Å²) in [6.07, 6.45) is 4.66. The molecule has 0 radical (unpaired) electrons. The Morgan fingerprint density at radius 3 is 2.02 bits per heavy atom. The molecule has 14 heteroatoms. The Bertz CT molecular complexity index is 1400. The van der Waals surface area contributed by atoms with Gasteiger partial charge in [-0.3, -0.25) is 28.4 Å². The zero-order valence-electron chi connectivity index (χ0n) is 29.8. The molecule has 12 nitrogen and oxygen atoms in total. The van der Waals surface area contributed by atoms with E-state index in [2.05, 4.69) is 37.5 Å². The number of likely N-dealkylation sites (tertiary alicyclic amines) is 2. The van der Waals surface area contributed by atoms with Crippen molar-refractivity contribution in [3.05, 3.63) is 34.9 Å². The van der Waals surface area contributed by atoms with E-state index in [1.165, 1.54) is 0 Å². The van der Waals surface area contributed by atoms with Crippen molar-refractivity contribution < 1.29 is 36.6 Å². The number of hydrogen-bond acceptors (Lipinski definition) is 7. The molecule has 4 atom stereocenters. The predicted molar refractivity (Wildman–Crippen MR) is 188 cm³/mol. The van der Waals surface area contributed by atoms with Gasteiger partial charge < -0.3 is 19.4 Å². The molecule has 276 valence electrons. The summed E-state index contributed by atoms with van der Waals surface area (Å²) in [5, 5.41) is 0.674. The number of hydrogen-bond donors (Lipinski definition) is 2. The zero-order valence-corrected chi connectivity index (χ0v) is 31.3. The highest BCUT2D eigenvalue weighted by atomic mass is 35.5. The number of ether oxygens (including phenoxy) is 1. The van der Waals surface area contributed by atoms with Crippen LogP contribution in [0.4, 0.5) is 0 Å². The molecule has 0 aromatic heterocycles. The first kappa shape index (κ1) is 39.5. The summed E-state index contributed by atoms with van der Waals surface area (Å²) in [5.41, 5.74) is 0.994. The highest BCUT2D eigenvalue weighted by Gasteiger charge is 2.51. The molecule has 2 N–H and O–H groups in total. The highest BCUT2D eigenvalue weighted by Crippen LogP contribution is 2.40. The number of amides is 3. The van der Waals surface area contributed by atoms with Crippen molar-refractivity contribution in [2.75, 3.05) is 45.9 Å². The van der Waals surface area contributed by atoms with E-state index < -0.39 is 16.4 Å². The van der Waals surface area contributed by atoms with Crippen molar-refractivity contribution in [2.24, 2.45) is 17.8 Å². The monoisotopic (exact) mass is 726 g/mol. The van der Waals surface area contributed by atoms with Crippen LogP contribution in [0.3, 0.4) is 0 Å². The largest absolute Gasteiger partial charge is 0.394 e. The number of nitrogens with zero attached hydrogens (tertiary/aromatic N) is 4. The van der Waals surface area contributed by atoms with Gasteiger partial charge in [-0.1, -0.05) is 44.5 Å². The molecule has 3 aliphatic heterocycles. The van der Waals surface area contributed by atoms with Gasteiger partial charge in [-0.25, -0.2) is 0 Å². The van der Waals surface area contributed by atoms with E-state index in [4.69, 9.17) is 33.9 Å². The summed E-state index contributed by atoms with van der Waals surface area (Å²) in [6, 6.07) is 7.28. The summed E-state index contributed by atoms with van der Waals surface area (Å²) in [4.78, 5) is 51.1. The van der Waals surface area contributed by atoms with Gasteiger partial charge in [0.05, 0.1) is 25.2 Å². The van der Waals surface area contributed by atoms with Gasteiger partial charge in [0.25, 0.3) is 0 Å². The molecule has 1 saturated carbocycles. The Kier molecular flexibility index (Phi) is 13.2. The lowest BCUT2D eigenvalue weighted by atomic mass is 9.85. The minimum atomic E-state index is -4.67. The maximum absolute atomic E-state index is 14.8. The van der Waals surface area contributed by atoms with Gasteiger partial charge in [-0.15, -0.1) is 0 Å². The molecular weight excluding hydrogens is 672 g/mol. The molecular formula is C35H55ClN4O8S. The first-order chi connectivity index (χ1) is 22.8. The van der Waals surface area contributed by atoms with Crippen LogP contribution in [0.5, 0.6) is 0 Å². The second-order valence-electron chi connectivity index (χ2n) is 15.4. The minimum Gasteiger partial charge on any atom is -0.378 e. The van der Waals surface area contributed by atoms with Crippen molar-refractivity contribution in [3.8, 4) is 0 Å².